The Morgan fingerprint density at radius 2 is 1.90 bits per heavy atom. The summed E-state index contributed by atoms with van der Waals surface area (Å²) in [5.41, 5.74) is 2.94. The zero-order valence-corrected chi connectivity index (χ0v) is 11.3. The summed E-state index contributed by atoms with van der Waals surface area (Å²) in [5, 5.41) is 2.28. The van der Waals surface area contributed by atoms with Gasteiger partial charge in [-0.05, 0) is 23.1 Å². The Morgan fingerprint density at radius 1 is 1.05 bits per heavy atom. The average Bonchev–Trinajstić information content (AvgIpc) is 2.53. The number of nitrogens with zero attached hydrogens (tertiary/aromatic N) is 1. The first-order valence-corrected chi connectivity index (χ1v) is 6.48. The lowest BCUT2D eigenvalue weighted by Crippen LogP contribution is -1.94. The molecule has 0 unspecified atom stereocenters. The Hall–Kier alpha value is -2.61. The van der Waals surface area contributed by atoms with Crippen molar-refractivity contribution in [1.29, 1.82) is 0 Å². The molecule has 2 nitrogen and oxygen atoms in total. The van der Waals surface area contributed by atoms with E-state index in [4.69, 9.17) is 4.74 Å². The number of fused-ring (bicyclic) bond motifs is 1. The molecule has 0 amide bonds. The van der Waals surface area contributed by atoms with Gasteiger partial charge >= 0.3 is 0 Å². The maximum Gasteiger partial charge on any atom is 0.128 e. The molecule has 0 aliphatic carbocycles. The quantitative estimate of drug-likeness (QED) is 0.690. The number of benzene rings is 2. The topological polar surface area (TPSA) is 22.1 Å². The van der Waals surface area contributed by atoms with Crippen LogP contribution >= 0.6 is 0 Å². The van der Waals surface area contributed by atoms with E-state index in [9.17, 15) is 0 Å². The van der Waals surface area contributed by atoms with Gasteiger partial charge in [0.25, 0.3) is 0 Å². The Balaban J connectivity index is 2.39. The van der Waals surface area contributed by atoms with Crippen molar-refractivity contribution >= 4 is 16.8 Å². The van der Waals surface area contributed by atoms with Crippen molar-refractivity contribution in [2.75, 3.05) is 7.11 Å². The highest BCUT2D eigenvalue weighted by Crippen LogP contribution is 2.36. The molecule has 20 heavy (non-hydrogen) atoms. The van der Waals surface area contributed by atoms with Crippen molar-refractivity contribution in [1.82, 2.24) is 4.98 Å². The van der Waals surface area contributed by atoms with E-state index in [-0.39, 0.29) is 0 Å². The molecule has 0 aliphatic rings. The molecule has 0 atom stereocenters. The second-order valence-corrected chi connectivity index (χ2v) is 4.51. The third kappa shape index (κ3) is 1.95. The normalized spacial score (nSPS) is 10.4. The number of hydrogen-bond acceptors (Lipinski definition) is 2. The maximum atomic E-state index is 5.50. The second kappa shape index (κ2) is 5.17. The van der Waals surface area contributed by atoms with Crippen LogP contribution in [0.4, 0.5) is 0 Å². The molecule has 0 fully saturated rings. The highest BCUT2D eigenvalue weighted by atomic mass is 16.5. The molecular weight excluding hydrogens is 246 g/mol. The third-order valence-electron chi connectivity index (χ3n) is 3.41. The summed E-state index contributed by atoms with van der Waals surface area (Å²) in [4.78, 5) is 4.57. The molecule has 1 heterocycles. The molecule has 0 saturated carbocycles. The van der Waals surface area contributed by atoms with E-state index >= 15 is 0 Å². The van der Waals surface area contributed by atoms with Gasteiger partial charge in [0, 0.05) is 11.6 Å². The number of ether oxygens (including phenoxy) is 1. The predicted molar refractivity (Wildman–Crippen MR) is 83.8 cm³/mol. The number of pyridine rings is 1. The van der Waals surface area contributed by atoms with Gasteiger partial charge in [-0.1, -0.05) is 49.1 Å². The van der Waals surface area contributed by atoms with E-state index in [0.717, 1.165) is 28.0 Å². The van der Waals surface area contributed by atoms with E-state index in [1.807, 2.05) is 48.7 Å². The van der Waals surface area contributed by atoms with Crippen LogP contribution < -0.4 is 4.74 Å². The Bertz CT molecular complexity index is 772. The van der Waals surface area contributed by atoms with E-state index in [2.05, 4.69) is 23.7 Å². The molecule has 1 aromatic heterocycles. The van der Waals surface area contributed by atoms with Crippen molar-refractivity contribution in [2.24, 2.45) is 0 Å². The maximum absolute atomic E-state index is 5.50. The fourth-order valence-electron chi connectivity index (χ4n) is 2.46. The molecule has 2 aromatic carbocycles. The molecule has 0 spiro atoms. The van der Waals surface area contributed by atoms with Crippen LogP contribution in [-0.2, 0) is 0 Å². The van der Waals surface area contributed by atoms with Crippen molar-refractivity contribution in [3.05, 3.63) is 66.9 Å². The van der Waals surface area contributed by atoms with Gasteiger partial charge in [0.15, 0.2) is 0 Å². The summed E-state index contributed by atoms with van der Waals surface area (Å²) in [5.74, 6) is 0.811. The van der Waals surface area contributed by atoms with Gasteiger partial charge in [-0.3, -0.25) is 4.98 Å². The molecule has 98 valence electrons. The lowest BCUT2D eigenvalue weighted by molar-refractivity contribution is 0.416. The summed E-state index contributed by atoms with van der Waals surface area (Å²) < 4.78 is 5.50. The van der Waals surface area contributed by atoms with Crippen LogP contribution in [0.2, 0.25) is 0 Å². The van der Waals surface area contributed by atoms with Gasteiger partial charge in [0.1, 0.15) is 5.75 Å². The summed E-state index contributed by atoms with van der Waals surface area (Å²) in [6.45, 7) is 3.89. The van der Waals surface area contributed by atoms with Crippen LogP contribution in [0.3, 0.4) is 0 Å². The van der Waals surface area contributed by atoms with Gasteiger partial charge in [-0.15, -0.1) is 0 Å². The number of aromatic nitrogens is 1. The van der Waals surface area contributed by atoms with Gasteiger partial charge in [0.2, 0.25) is 0 Å². The Kier molecular flexibility index (Phi) is 3.21. The third-order valence-corrected chi connectivity index (χ3v) is 3.41. The fourth-order valence-corrected chi connectivity index (χ4v) is 2.46. The van der Waals surface area contributed by atoms with E-state index in [1.54, 1.807) is 7.11 Å². The zero-order chi connectivity index (χ0) is 13.9. The minimum Gasteiger partial charge on any atom is -0.496 e. The van der Waals surface area contributed by atoms with Gasteiger partial charge in [0.05, 0.1) is 18.4 Å². The summed E-state index contributed by atoms with van der Waals surface area (Å²) in [6, 6.07) is 16.2. The molecule has 0 N–H and O–H groups in total. The fraction of sp³-hybridized carbons (Fsp3) is 0.0556. The van der Waals surface area contributed by atoms with Crippen molar-refractivity contribution in [2.45, 2.75) is 0 Å². The van der Waals surface area contributed by atoms with Crippen LogP contribution in [0.1, 0.15) is 5.56 Å². The van der Waals surface area contributed by atoms with Crippen LogP contribution in [-0.4, -0.2) is 12.1 Å². The molecule has 0 radical (unpaired) electrons. The smallest absolute Gasteiger partial charge is 0.128 e. The first kappa shape index (κ1) is 12.4. The van der Waals surface area contributed by atoms with E-state index in [1.165, 1.54) is 5.39 Å². The molecule has 0 aliphatic heterocycles. The highest BCUT2D eigenvalue weighted by Gasteiger charge is 2.13. The Labute approximate surface area is 118 Å². The number of hydrogen-bond donors (Lipinski definition) is 0. The monoisotopic (exact) mass is 261 g/mol. The minimum absolute atomic E-state index is 0.811. The SMILES string of the molecule is C=Cc1cccc(OC)c1-c1nccc2ccccc12. The highest BCUT2D eigenvalue weighted by molar-refractivity contribution is 5.97. The number of methoxy groups -OCH3 is 1. The molecule has 3 aromatic rings. The average molecular weight is 261 g/mol. The standard InChI is InChI=1S/C18H15NO/c1-3-13-8-6-10-16(20-2)17(13)18-15-9-5-4-7-14(15)11-12-19-18/h3-12H,1H2,2H3. The van der Waals surface area contributed by atoms with E-state index in [0.29, 0.717) is 0 Å². The largest absolute Gasteiger partial charge is 0.496 e. The summed E-state index contributed by atoms with van der Waals surface area (Å²) in [7, 11) is 1.68. The van der Waals surface area contributed by atoms with Crippen LogP contribution in [0.15, 0.2) is 61.3 Å². The molecule has 3 rings (SSSR count). The van der Waals surface area contributed by atoms with Crippen molar-refractivity contribution in [3.8, 4) is 17.0 Å². The van der Waals surface area contributed by atoms with Crippen molar-refractivity contribution < 1.29 is 4.74 Å². The van der Waals surface area contributed by atoms with Gasteiger partial charge in [-0.2, -0.15) is 0 Å². The van der Waals surface area contributed by atoms with E-state index < -0.39 is 0 Å². The van der Waals surface area contributed by atoms with Crippen LogP contribution in [0, 0.1) is 0 Å². The molecule has 0 saturated heterocycles. The zero-order valence-electron chi connectivity index (χ0n) is 11.3. The second-order valence-electron chi connectivity index (χ2n) is 4.51. The van der Waals surface area contributed by atoms with Crippen LogP contribution in [0.5, 0.6) is 5.75 Å². The predicted octanol–water partition coefficient (Wildman–Crippen LogP) is 4.55. The van der Waals surface area contributed by atoms with Crippen LogP contribution in [0.25, 0.3) is 28.1 Å². The van der Waals surface area contributed by atoms with Gasteiger partial charge < -0.3 is 4.74 Å². The lowest BCUT2D eigenvalue weighted by atomic mass is 9.98. The molecule has 0 bridgehead atoms. The summed E-state index contributed by atoms with van der Waals surface area (Å²) >= 11 is 0. The lowest BCUT2D eigenvalue weighted by Gasteiger charge is -2.13. The first-order valence-electron chi connectivity index (χ1n) is 6.48. The first-order chi connectivity index (χ1) is 9.85. The van der Waals surface area contributed by atoms with Gasteiger partial charge in [-0.25, -0.2) is 0 Å². The minimum atomic E-state index is 0.811. The van der Waals surface area contributed by atoms with Crippen molar-refractivity contribution in [3.63, 3.8) is 0 Å². The Morgan fingerprint density at radius 3 is 2.70 bits per heavy atom. The summed E-state index contributed by atoms with van der Waals surface area (Å²) in [6.07, 6.45) is 3.66. The molecular formula is C18H15NO. The molecule has 2 heteroatoms. The number of rotatable bonds is 3.